The monoisotopic (exact) mass is 322 g/mol. The lowest BCUT2D eigenvalue weighted by Gasteiger charge is -2.31. The third-order valence-corrected chi connectivity index (χ3v) is 4.16. The van der Waals surface area contributed by atoms with Gasteiger partial charge in [-0.25, -0.2) is 0 Å². The largest absolute Gasteiger partial charge is 0.378 e. The number of rotatable bonds is 6. The van der Waals surface area contributed by atoms with E-state index in [0.29, 0.717) is 30.1 Å². The van der Waals surface area contributed by atoms with Crippen molar-refractivity contribution in [2.75, 3.05) is 35.6 Å². The molecule has 0 bridgehead atoms. The van der Waals surface area contributed by atoms with Crippen molar-refractivity contribution in [3.05, 3.63) is 10.1 Å². The highest BCUT2D eigenvalue weighted by atomic mass is 16.6. The van der Waals surface area contributed by atoms with Crippen LogP contribution in [0.25, 0.3) is 0 Å². The molecular formula is C15H26N6O2. The highest BCUT2D eigenvalue weighted by Crippen LogP contribution is 2.34. The molecule has 3 N–H and O–H groups in total. The van der Waals surface area contributed by atoms with Crippen LogP contribution in [0.5, 0.6) is 0 Å². The summed E-state index contributed by atoms with van der Waals surface area (Å²) in [5.74, 6) is 1.81. The second kappa shape index (κ2) is 7.43. The molecule has 23 heavy (non-hydrogen) atoms. The zero-order valence-corrected chi connectivity index (χ0v) is 14.1. The van der Waals surface area contributed by atoms with E-state index in [9.17, 15) is 10.1 Å². The van der Waals surface area contributed by atoms with Crippen LogP contribution >= 0.6 is 0 Å². The SMILES string of the molecule is CC(C)CCNc1nc(N)c([N+](=O)[O-])c(N2CCC(C)CC2)n1. The van der Waals surface area contributed by atoms with E-state index in [1.54, 1.807) is 0 Å². The van der Waals surface area contributed by atoms with Gasteiger partial charge in [-0.3, -0.25) is 10.1 Å². The van der Waals surface area contributed by atoms with Crippen LogP contribution in [0.15, 0.2) is 0 Å². The molecule has 0 aromatic carbocycles. The van der Waals surface area contributed by atoms with Crippen LogP contribution in [0.1, 0.15) is 40.0 Å². The van der Waals surface area contributed by atoms with Crippen molar-refractivity contribution in [2.45, 2.75) is 40.0 Å². The Morgan fingerprint density at radius 2 is 2.04 bits per heavy atom. The van der Waals surface area contributed by atoms with Crippen molar-refractivity contribution in [2.24, 2.45) is 11.8 Å². The van der Waals surface area contributed by atoms with Crippen LogP contribution in [0.4, 0.5) is 23.3 Å². The summed E-state index contributed by atoms with van der Waals surface area (Å²) in [6.07, 6.45) is 2.96. The number of nitrogens with two attached hydrogens (primary N) is 1. The fourth-order valence-corrected chi connectivity index (χ4v) is 2.63. The van der Waals surface area contributed by atoms with E-state index in [2.05, 4.69) is 36.1 Å². The van der Waals surface area contributed by atoms with Gasteiger partial charge in [-0.05, 0) is 31.1 Å². The Bertz CT molecular complexity index is 555. The average molecular weight is 322 g/mol. The van der Waals surface area contributed by atoms with Gasteiger partial charge in [0.15, 0.2) is 0 Å². The summed E-state index contributed by atoms with van der Waals surface area (Å²) in [5.41, 5.74) is 5.64. The molecule has 0 aliphatic carbocycles. The van der Waals surface area contributed by atoms with Crippen molar-refractivity contribution >= 4 is 23.3 Å². The van der Waals surface area contributed by atoms with E-state index < -0.39 is 4.92 Å². The minimum Gasteiger partial charge on any atom is -0.378 e. The first-order valence-corrected chi connectivity index (χ1v) is 8.19. The van der Waals surface area contributed by atoms with Gasteiger partial charge in [0.1, 0.15) is 0 Å². The Balaban J connectivity index is 2.25. The van der Waals surface area contributed by atoms with E-state index in [-0.39, 0.29) is 11.5 Å². The zero-order valence-electron chi connectivity index (χ0n) is 14.1. The second-order valence-electron chi connectivity index (χ2n) is 6.64. The average Bonchev–Trinajstić information content (AvgIpc) is 2.46. The quantitative estimate of drug-likeness (QED) is 0.612. The maximum atomic E-state index is 11.4. The molecule has 0 atom stereocenters. The number of nitrogen functional groups attached to an aromatic ring is 1. The molecule has 8 heteroatoms. The van der Waals surface area contributed by atoms with Crippen LogP contribution in [-0.4, -0.2) is 34.5 Å². The number of piperidine rings is 1. The minimum absolute atomic E-state index is 0.0781. The maximum absolute atomic E-state index is 11.4. The molecule has 0 spiro atoms. The number of hydrogen-bond acceptors (Lipinski definition) is 7. The molecule has 1 aliphatic rings. The molecule has 2 heterocycles. The first-order valence-electron chi connectivity index (χ1n) is 8.19. The molecular weight excluding hydrogens is 296 g/mol. The van der Waals surface area contributed by atoms with Crippen LogP contribution in [0, 0.1) is 22.0 Å². The van der Waals surface area contributed by atoms with Gasteiger partial charge in [-0.15, -0.1) is 0 Å². The maximum Gasteiger partial charge on any atom is 0.353 e. The first kappa shape index (κ1) is 17.2. The first-order chi connectivity index (χ1) is 10.9. The zero-order chi connectivity index (χ0) is 17.0. The van der Waals surface area contributed by atoms with Gasteiger partial charge in [0.2, 0.25) is 17.6 Å². The van der Waals surface area contributed by atoms with E-state index >= 15 is 0 Å². The predicted molar refractivity (Wildman–Crippen MR) is 91.7 cm³/mol. The van der Waals surface area contributed by atoms with Gasteiger partial charge in [0.25, 0.3) is 0 Å². The topological polar surface area (TPSA) is 110 Å². The molecule has 8 nitrogen and oxygen atoms in total. The Labute approximate surface area is 136 Å². The summed E-state index contributed by atoms with van der Waals surface area (Å²) in [7, 11) is 0. The molecule has 0 unspecified atom stereocenters. The van der Waals surface area contributed by atoms with Crippen molar-refractivity contribution in [1.29, 1.82) is 0 Å². The number of nitrogens with zero attached hydrogens (tertiary/aromatic N) is 4. The molecule has 128 valence electrons. The molecule has 2 rings (SSSR count). The number of hydrogen-bond donors (Lipinski definition) is 2. The molecule has 0 amide bonds. The summed E-state index contributed by atoms with van der Waals surface area (Å²) in [4.78, 5) is 21.3. The third kappa shape index (κ3) is 4.43. The summed E-state index contributed by atoms with van der Waals surface area (Å²) in [6.45, 7) is 8.68. The summed E-state index contributed by atoms with van der Waals surface area (Å²) >= 11 is 0. The van der Waals surface area contributed by atoms with Crippen LogP contribution in [0.3, 0.4) is 0 Å². The summed E-state index contributed by atoms with van der Waals surface area (Å²) in [5, 5.41) is 14.5. The van der Waals surface area contributed by atoms with E-state index in [4.69, 9.17) is 5.73 Å². The van der Waals surface area contributed by atoms with Crippen molar-refractivity contribution < 1.29 is 4.92 Å². The van der Waals surface area contributed by atoms with Gasteiger partial charge < -0.3 is 16.0 Å². The van der Waals surface area contributed by atoms with Gasteiger partial charge in [-0.2, -0.15) is 9.97 Å². The Kier molecular flexibility index (Phi) is 5.57. The Morgan fingerprint density at radius 1 is 1.39 bits per heavy atom. The molecule has 1 aromatic heterocycles. The highest BCUT2D eigenvalue weighted by Gasteiger charge is 2.29. The van der Waals surface area contributed by atoms with Gasteiger partial charge >= 0.3 is 5.69 Å². The number of aromatic nitrogens is 2. The molecule has 1 saturated heterocycles. The molecule has 1 fully saturated rings. The van der Waals surface area contributed by atoms with E-state index in [1.165, 1.54) is 0 Å². The lowest BCUT2D eigenvalue weighted by atomic mass is 9.99. The fraction of sp³-hybridized carbons (Fsp3) is 0.733. The molecule has 0 saturated carbocycles. The van der Waals surface area contributed by atoms with Crippen molar-refractivity contribution in [3.8, 4) is 0 Å². The smallest absolute Gasteiger partial charge is 0.353 e. The summed E-state index contributed by atoms with van der Waals surface area (Å²) < 4.78 is 0. The van der Waals surface area contributed by atoms with Crippen molar-refractivity contribution in [3.63, 3.8) is 0 Å². The molecule has 1 aliphatic heterocycles. The van der Waals surface area contributed by atoms with Gasteiger partial charge in [0.05, 0.1) is 4.92 Å². The standard InChI is InChI=1S/C15H26N6O2/c1-10(2)4-7-17-15-18-13(16)12(21(22)23)14(19-15)20-8-5-11(3)6-9-20/h10-11H,4-9H2,1-3H3,(H3,16,17,18,19). The van der Waals surface area contributed by atoms with Gasteiger partial charge in [0, 0.05) is 19.6 Å². The normalized spacial score (nSPS) is 15.9. The minimum atomic E-state index is -0.486. The third-order valence-electron chi connectivity index (χ3n) is 4.16. The number of nitro groups is 1. The number of anilines is 3. The second-order valence-corrected chi connectivity index (χ2v) is 6.64. The highest BCUT2D eigenvalue weighted by molar-refractivity contribution is 5.71. The van der Waals surface area contributed by atoms with Crippen molar-refractivity contribution in [1.82, 2.24) is 9.97 Å². The van der Waals surface area contributed by atoms with E-state index in [1.807, 2.05) is 4.90 Å². The van der Waals surface area contributed by atoms with Crippen LogP contribution in [-0.2, 0) is 0 Å². The fourth-order valence-electron chi connectivity index (χ4n) is 2.63. The molecule has 0 radical (unpaired) electrons. The lowest BCUT2D eigenvalue weighted by molar-refractivity contribution is -0.383. The Hall–Kier alpha value is -2.12. The van der Waals surface area contributed by atoms with E-state index in [0.717, 1.165) is 32.4 Å². The van der Waals surface area contributed by atoms with Gasteiger partial charge in [-0.1, -0.05) is 20.8 Å². The van der Waals surface area contributed by atoms with Crippen LogP contribution in [0.2, 0.25) is 0 Å². The molecule has 1 aromatic rings. The summed E-state index contributed by atoms with van der Waals surface area (Å²) in [6, 6.07) is 0. The van der Waals surface area contributed by atoms with Crippen LogP contribution < -0.4 is 16.0 Å². The lowest BCUT2D eigenvalue weighted by Crippen LogP contribution is -2.34. The number of nitrogens with one attached hydrogen (secondary N) is 1. The predicted octanol–water partition coefficient (Wildman–Crippen LogP) is 2.66. The Morgan fingerprint density at radius 3 is 2.61 bits per heavy atom.